The lowest BCUT2D eigenvalue weighted by atomic mass is 10.0. The van der Waals surface area contributed by atoms with Gasteiger partial charge in [0.1, 0.15) is 18.2 Å². The Balaban J connectivity index is 1.55. The molecule has 30 heavy (non-hydrogen) atoms. The Kier molecular flexibility index (Phi) is 5.01. The van der Waals surface area contributed by atoms with Gasteiger partial charge in [-0.2, -0.15) is 0 Å². The zero-order valence-electron chi connectivity index (χ0n) is 17.0. The second-order valence-corrected chi connectivity index (χ2v) is 7.89. The minimum atomic E-state index is -0.183. The molecule has 1 unspecified atom stereocenters. The first-order valence-corrected chi connectivity index (χ1v) is 10.4. The number of hydrogen-bond acceptors (Lipinski definition) is 2. The highest BCUT2D eigenvalue weighted by atomic mass is 19.1. The van der Waals surface area contributed by atoms with Crippen molar-refractivity contribution in [1.29, 1.82) is 0 Å². The predicted octanol–water partition coefficient (Wildman–Crippen LogP) is 6.16. The summed E-state index contributed by atoms with van der Waals surface area (Å²) in [4.78, 5) is 0. The first kappa shape index (κ1) is 18.9. The van der Waals surface area contributed by atoms with Gasteiger partial charge in [0.2, 0.25) is 0 Å². The van der Waals surface area contributed by atoms with Crippen LogP contribution in [0.2, 0.25) is 0 Å². The molecule has 0 radical (unpaired) electrons. The molecule has 0 bridgehead atoms. The Morgan fingerprint density at radius 1 is 1.03 bits per heavy atom. The standard InChI is InChI=1S/C26H24FNO2/c1-18-13-22(7-9-24(18)27)28-25-10-8-23(30-16-19-5-3-2-4-6-19)14-21(25)15-26(28)20-11-12-29-17-20/h2-10,13-15,20H,11-12,16-17H2,1H3. The van der Waals surface area contributed by atoms with Crippen LogP contribution in [0.15, 0.2) is 72.8 Å². The molecule has 4 aromatic rings. The molecule has 3 aromatic carbocycles. The van der Waals surface area contributed by atoms with E-state index in [1.807, 2.05) is 36.4 Å². The van der Waals surface area contributed by atoms with E-state index < -0.39 is 0 Å². The lowest BCUT2D eigenvalue weighted by Gasteiger charge is -2.15. The fourth-order valence-corrected chi connectivity index (χ4v) is 4.17. The second-order valence-electron chi connectivity index (χ2n) is 7.89. The number of ether oxygens (including phenoxy) is 2. The van der Waals surface area contributed by atoms with Gasteiger partial charge in [-0.3, -0.25) is 0 Å². The summed E-state index contributed by atoms with van der Waals surface area (Å²) in [5.74, 6) is 0.988. The molecular weight excluding hydrogens is 377 g/mol. The molecule has 5 rings (SSSR count). The van der Waals surface area contributed by atoms with Crippen molar-refractivity contribution in [2.24, 2.45) is 0 Å². The molecule has 3 nitrogen and oxygen atoms in total. The normalized spacial score (nSPS) is 16.3. The van der Waals surface area contributed by atoms with Crippen molar-refractivity contribution in [2.45, 2.75) is 25.9 Å². The first-order valence-electron chi connectivity index (χ1n) is 10.4. The predicted molar refractivity (Wildman–Crippen MR) is 117 cm³/mol. The van der Waals surface area contributed by atoms with Crippen LogP contribution >= 0.6 is 0 Å². The van der Waals surface area contributed by atoms with Crippen molar-refractivity contribution in [3.05, 3.63) is 95.4 Å². The maximum absolute atomic E-state index is 13.9. The monoisotopic (exact) mass is 401 g/mol. The summed E-state index contributed by atoms with van der Waals surface area (Å²) in [6.45, 7) is 3.83. The summed E-state index contributed by atoms with van der Waals surface area (Å²) in [6, 6.07) is 23.9. The quantitative estimate of drug-likeness (QED) is 0.400. The highest BCUT2D eigenvalue weighted by Gasteiger charge is 2.24. The van der Waals surface area contributed by atoms with Crippen LogP contribution in [0.4, 0.5) is 4.39 Å². The topological polar surface area (TPSA) is 23.4 Å². The van der Waals surface area contributed by atoms with Crippen LogP contribution in [-0.4, -0.2) is 17.8 Å². The average molecular weight is 401 g/mol. The SMILES string of the molecule is Cc1cc(-n2c(C3CCOC3)cc3cc(OCc4ccccc4)ccc32)ccc1F. The summed E-state index contributed by atoms with van der Waals surface area (Å²) < 4.78 is 27.8. The Bertz CT molecular complexity index is 1180. The lowest BCUT2D eigenvalue weighted by molar-refractivity contribution is 0.193. The van der Waals surface area contributed by atoms with Crippen molar-refractivity contribution in [3.63, 3.8) is 0 Å². The molecule has 1 saturated heterocycles. The number of hydrogen-bond donors (Lipinski definition) is 0. The average Bonchev–Trinajstić information content (AvgIpc) is 3.42. The van der Waals surface area contributed by atoms with Crippen molar-refractivity contribution in [3.8, 4) is 11.4 Å². The Labute approximate surface area is 175 Å². The number of benzene rings is 3. The van der Waals surface area contributed by atoms with Crippen molar-refractivity contribution in [2.75, 3.05) is 13.2 Å². The minimum Gasteiger partial charge on any atom is -0.489 e. The summed E-state index contributed by atoms with van der Waals surface area (Å²) in [5.41, 5.74) is 5.05. The van der Waals surface area contributed by atoms with Gasteiger partial charge in [0, 0.05) is 29.3 Å². The molecule has 1 aliphatic rings. The van der Waals surface area contributed by atoms with E-state index in [1.54, 1.807) is 13.0 Å². The summed E-state index contributed by atoms with van der Waals surface area (Å²) in [7, 11) is 0. The molecule has 1 aromatic heterocycles. The Morgan fingerprint density at radius 3 is 2.67 bits per heavy atom. The van der Waals surface area contributed by atoms with Crippen LogP contribution < -0.4 is 4.74 Å². The van der Waals surface area contributed by atoms with E-state index in [2.05, 4.69) is 34.9 Å². The van der Waals surface area contributed by atoms with Crippen molar-refractivity contribution in [1.82, 2.24) is 4.57 Å². The van der Waals surface area contributed by atoms with Gasteiger partial charge in [-0.05, 0) is 66.9 Å². The molecule has 0 N–H and O–H groups in total. The van der Waals surface area contributed by atoms with Crippen LogP contribution in [0.3, 0.4) is 0 Å². The summed E-state index contributed by atoms with van der Waals surface area (Å²) in [5, 5.41) is 1.12. The van der Waals surface area contributed by atoms with Crippen LogP contribution in [0, 0.1) is 12.7 Å². The van der Waals surface area contributed by atoms with Crippen LogP contribution in [0.25, 0.3) is 16.6 Å². The molecule has 1 fully saturated rings. The maximum atomic E-state index is 13.9. The number of nitrogens with zero attached hydrogens (tertiary/aromatic N) is 1. The van der Waals surface area contributed by atoms with Gasteiger partial charge < -0.3 is 14.0 Å². The molecule has 1 aliphatic heterocycles. The van der Waals surface area contributed by atoms with Gasteiger partial charge in [-0.1, -0.05) is 30.3 Å². The third kappa shape index (κ3) is 3.59. The third-order valence-electron chi connectivity index (χ3n) is 5.80. The van der Waals surface area contributed by atoms with Crippen LogP contribution in [0.5, 0.6) is 5.75 Å². The van der Waals surface area contributed by atoms with Crippen molar-refractivity contribution < 1.29 is 13.9 Å². The fourth-order valence-electron chi connectivity index (χ4n) is 4.17. The van der Waals surface area contributed by atoms with Gasteiger partial charge in [-0.15, -0.1) is 0 Å². The van der Waals surface area contributed by atoms with E-state index in [1.165, 1.54) is 5.69 Å². The van der Waals surface area contributed by atoms with E-state index in [4.69, 9.17) is 9.47 Å². The molecule has 0 aliphatic carbocycles. The molecule has 0 spiro atoms. The van der Waals surface area contributed by atoms with E-state index in [0.717, 1.165) is 40.9 Å². The zero-order chi connectivity index (χ0) is 20.5. The highest BCUT2D eigenvalue weighted by Crippen LogP contribution is 2.35. The van der Waals surface area contributed by atoms with Crippen LogP contribution in [0.1, 0.15) is 29.2 Å². The molecule has 152 valence electrons. The number of aryl methyl sites for hydroxylation is 1. The molecule has 0 saturated carbocycles. The number of aromatic nitrogens is 1. The zero-order valence-corrected chi connectivity index (χ0v) is 17.0. The Hall–Kier alpha value is -3.11. The van der Waals surface area contributed by atoms with Gasteiger partial charge in [-0.25, -0.2) is 4.39 Å². The van der Waals surface area contributed by atoms with E-state index in [-0.39, 0.29) is 5.82 Å². The molecular formula is C26H24FNO2. The molecule has 4 heteroatoms. The maximum Gasteiger partial charge on any atom is 0.126 e. The lowest BCUT2D eigenvalue weighted by Crippen LogP contribution is -2.06. The summed E-state index contributed by atoms with van der Waals surface area (Å²) >= 11 is 0. The second kappa shape index (κ2) is 7.96. The van der Waals surface area contributed by atoms with Crippen molar-refractivity contribution >= 4 is 10.9 Å². The van der Waals surface area contributed by atoms with Gasteiger partial charge in [0.05, 0.1) is 12.1 Å². The van der Waals surface area contributed by atoms with E-state index in [0.29, 0.717) is 24.7 Å². The van der Waals surface area contributed by atoms with Gasteiger partial charge in [0.25, 0.3) is 0 Å². The van der Waals surface area contributed by atoms with E-state index >= 15 is 0 Å². The molecule has 2 heterocycles. The Morgan fingerprint density at radius 2 is 1.90 bits per heavy atom. The fraction of sp³-hybridized carbons (Fsp3) is 0.231. The number of fused-ring (bicyclic) bond motifs is 1. The third-order valence-corrected chi connectivity index (χ3v) is 5.80. The van der Waals surface area contributed by atoms with Crippen LogP contribution in [-0.2, 0) is 11.3 Å². The van der Waals surface area contributed by atoms with Gasteiger partial charge >= 0.3 is 0 Å². The minimum absolute atomic E-state index is 0.183. The largest absolute Gasteiger partial charge is 0.489 e. The first-order chi connectivity index (χ1) is 14.7. The highest BCUT2D eigenvalue weighted by molar-refractivity contribution is 5.85. The molecule has 0 amide bonds. The number of rotatable bonds is 5. The molecule has 1 atom stereocenters. The smallest absolute Gasteiger partial charge is 0.126 e. The number of halogens is 1. The van der Waals surface area contributed by atoms with E-state index in [9.17, 15) is 4.39 Å². The van der Waals surface area contributed by atoms with Gasteiger partial charge in [0.15, 0.2) is 0 Å². The summed E-state index contributed by atoms with van der Waals surface area (Å²) in [6.07, 6.45) is 0.994.